The van der Waals surface area contributed by atoms with Crippen molar-refractivity contribution in [3.8, 4) is 0 Å². The summed E-state index contributed by atoms with van der Waals surface area (Å²) in [6, 6.07) is 3.84. The summed E-state index contributed by atoms with van der Waals surface area (Å²) in [6.45, 7) is 4.52. The minimum absolute atomic E-state index is 0.538. The number of hydrogen-bond donors (Lipinski definition) is 2. The molecule has 1 heterocycles. The first-order valence-electron chi connectivity index (χ1n) is 7.40. The van der Waals surface area contributed by atoms with Crippen LogP contribution in [0.25, 0.3) is 0 Å². The van der Waals surface area contributed by atoms with Gasteiger partial charge >= 0.3 is 0 Å². The molecule has 2 rings (SSSR count). The number of aliphatic hydroxyl groups is 1. The second-order valence-corrected chi connectivity index (χ2v) is 6.58. The summed E-state index contributed by atoms with van der Waals surface area (Å²) in [6.07, 6.45) is 7.88. The smallest absolute Gasteiger partial charge is 0.123 e. The van der Waals surface area contributed by atoms with Crippen LogP contribution >= 0.6 is 0 Å². The first-order chi connectivity index (χ1) is 8.97. The summed E-state index contributed by atoms with van der Waals surface area (Å²) in [5, 5.41) is 10.8. The highest BCUT2D eigenvalue weighted by Crippen LogP contribution is 2.37. The Morgan fingerprint density at radius 1 is 1.53 bits per heavy atom. The van der Waals surface area contributed by atoms with Crippen LogP contribution in [-0.4, -0.2) is 15.7 Å². The standard InChI is InChI=1S/C16H26N2O/c1-12(2)8-13-4-3-6-16(19,10-13)11-14-5-7-18-15(17)9-14/h5,7,9,12-13,19H,3-4,6,8,10-11H2,1-2H3,(H2,17,18). The van der Waals surface area contributed by atoms with E-state index < -0.39 is 5.60 Å². The lowest BCUT2D eigenvalue weighted by Crippen LogP contribution is -2.37. The maximum absolute atomic E-state index is 10.8. The summed E-state index contributed by atoms with van der Waals surface area (Å²) in [5.41, 5.74) is 6.25. The van der Waals surface area contributed by atoms with E-state index in [1.165, 1.54) is 12.8 Å². The van der Waals surface area contributed by atoms with Crippen molar-refractivity contribution < 1.29 is 5.11 Å². The lowest BCUT2D eigenvalue weighted by Gasteiger charge is -2.37. The fraction of sp³-hybridized carbons (Fsp3) is 0.688. The molecule has 0 bridgehead atoms. The molecule has 2 atom stereocenters. The Morgan fingerprint density at radius 3 is 3.00 bits per heavy atom. The molecule has 1 aliphatic carbocycles. The van der Waals surface area contributed by atoms with E-state index >= 15 is 0 Å². The zero-order valence-electron chi connectivity index (χ0n) is 12.1. The number of pyridine rings is 1. The molecular weight excluding hydrogens is 236 g/mol. The van der Waals surface area contributed by atoms with E-state index in [1.807, 2.05) is 12.1 Å². The Hall–Kier alpha value is -1.09. The van der Waals surface area contributed by atoms with Gasteiger partial charge in [-0.3, -0.25) is 0 Å². The molecule has 1 saturated carbocycles. The number of nitrogens with two attached hydrogens (primary N) is 1. The minimum Gasteiger partial charge on any atom is -0.390 e. The van der Waals surface area contributed by atoms with Crippen LogP contribution in [0.5, 0.6) is 0 Å². The highest BCUT2D eigenvalue weighted by molar-refractivity contribution is 5.32. The van der Waals surface area contributed by atoms with E-state index in [9.17, 15) is 5.11 Å². The third kappa shape index (κ3) is 4.20. The van der Waals surface area contributed by atoms with Gasteiger partial charge in [-0.15, -0.1) is 0 Å². The summed E-state index contributed by atoms with van der Waals surface area (Å²) >= 11 is 0. The fourth-order valence-corrected chi connectivity index (χ4v) is 3.47. The van der Waals surface area contributed by atoms with Gasteiger partial charge in [0, 0.05) is 12.6 Å². The number of nitrogens with zero attached hydrogens (tertiary/aromatic N) is 1. The van der Waals surface area contributed by atoms with Crippen molar-refractivity contribution in [2.75, 3.05) is 5.73 Å². The van der Waals surface area contributed by atoms with Crippen LogP contribution in [0.3, 0.4) is 0 Å². The van der Waals surface area contributed by atoms with E-state index in [0.717, 1.165) is 24.8 Å². The van der Waals surface area contributed by atoms with E-state index in [1.54, 1.807) is 6.20 Å². The predicted molar refractivity (Wildman–Crippen MR) is 78.7 cm³/mol. The van der Waals surface area contributed by atoms with Crippen molar-refractivity contribution in [3.63, 3.8) is 0 Å². The van der Waals surface area contributed by atoms with Crippen LogP contribution < -0.4 is 5.73 Å². The summed E-state index contributed by atoms with van der Waals surface area (Å²) in [7, 11) is 0. The maximum atomic E-state index is 10.8. The Kier molecular flexibility index (Phi) is 4.46. The highest BCUT2D eigenvalue weighted by atomic mass is 16.3. The van der Waals surface area contributed by atoms with Crippen LogP contribution in [-0.2, 0) is 6.42 Å². The van der Waals surface area contributed by atoms with Gasteiger partial charge < -0.3 is 10.8 Å². The van der Waals surface area contributed by atoms with Gasteiger partial charge in [0.25, 0.3) is 0 Å². The van der Waals surface area contributed by atoms with Crippen LogP contribution in [0.4, 0.5) is 5.82 Å². The van der Waals surface area contributed by atoms with Gasteiger partial charge in [-0.05, 0) is 48.8 Å². The summed E-state index contributed by atoms with van der Waals surface area (Å²) in [5.74, 6) is 1.91. The average molecular weight is 262 g/mol. The zero-order valence-corrected chi connectivity index (χ0v) is 12.1. The van der Waals surface area contributed by atoms with E-state index in [-0.39, 0.29) is 0 Å². The van der Waals surface area contributed by atoms with Crippen LogP contribution in [0, 0.1) is 11.8 Å². The van der Waals surface area contributed by atoms with Crippen molar-refractivity contribution in [1.82, 2.24) is 4.98 Å². The third-order valence-electron chi connectivity index (χ3n) is 4.11. The van der Waals surface area contributed by atoms with E-state index in [4.69, 9.17) is 5.73 Å². The molecule has 1 aromatic heterocycles. The van der Waals surface area contributed by atoms with Crippen LogP contribution in [0.2, 0.25) is 0 Å². The fourth-order valence-electron chi connectivity index (χ4n) is 3.47. The van der Waals surface area contributed by atoms with Gasteiger partial charge in [-0.25, -0.2) is 4.98 Å². The van der Waals surface area contributed by atoms with Crippen molar-refractivity contribution in [2.45, 2.75) is 58.0 Å². The van der Waals surface area contributed by atoms with Crippen molar-refractivity contribution in [1.29, 1.82) is 0 Å². The van der Waals surface area contributed by atoms with Gasteiger partial charge in [0.1, 0.15) is 5.82 Å². The molecular formula is C16H26N2O. The molecule has 0 amide bonds. The quantitative estimate of drug-likeness (QED) is 0.876. The monoisotopic (exact) mass is 262 g/mol. The molecule has 106 valence electrons. The van der Waals surface area contributed by atoms with Crippen molar-refractivity contribution in [3.05, 3.63) is 23.9 Å². The average Bonchev–Trinajstić information content (AvgIpc) is 2.27. The molecule has 0 radical (unpaired) electrons. The highest BCUT2D eigenvalue weighted by Gasteiger charge is 2.34. The first-order valence-corrected chi connectivity index (χ1v) is 7.40. The van der Waals surface area contributed by atoms with Crippen molar-refractivity contribution in [2.24, 2.45) is 11.8 Å². The van der Waals surface area contributed by atoms with Gasteiger partial charge in [0.2, 0.25) is 0 Å². The Bertz CT molecular complexity index is 419. The summed E-state index contributed by atoms with van der Waals surface area (Å²) in [4.78, 5) is 4.01. The minimum atomic E-state index is -0.550. The Labute approximate surface area is 116 Å². The largest absolute Gasteiger partial charge is 0.390 e. The lowest BCUT2D eigenvalue weighted by atomic mass is 9.73. The molecule has 0 saturated heterocycles. The molecule has 3 heteroatoms. The number of nitrogen functional groups attached to an aromatic ring is 1. The Morgan fingerprint density at radius 2 is 2.32 bits per heavy atom. The summed E-state index contributed by atoms with van der Waals surface area (Å²) < 4.78 is 0. The molecule has 0 spiro atoms. The molecule has 1 fully saturated rings. The molecule has 0 aromatic carbocycles. The van der Waals surface area contributed by atoms with E-state index in [0.29, 0.717) is 24.1 Å². The maximum Gasteiger partial charge on any atom is 0.123 e. The second kappa shape index (κ2) is 5.91. The molecule has 0 aliphatic heterocycles. The van der Waals surface area contributed by atoms with Crippen molar-refractivity contribution >= 4 is 5.82 Å². The third-order valence-corrected chi connectivity index (χ3v) is 4.11. The molecule has 1 aromatic rings. The molecule has 2 unspecified atom stereocenters. The topological polar surface area (TPSA) is 59.1 Å². The zero-order chi connectivity index (χ0) is 13.9. The lowest BCUT2D eigenvalue weighted by molar-refractivity contribution is -0.0189. The van der Waals surface area contributed by atoms with Gasteiger partial charge in [0.05, 0.1) is 5.60 Å². The molecule has 3 nitrogen and oxygen atoms in total. The predicted octanol–water partition coefficient (Wildman–Crippen LogP) is 3.17. The molecule has 1 aliphatic rings. The van der Waals surface area contributed by atoms with Gasteiger partial charge in [0.15, 0.2) is 0 Å². The SMILES string of the molecule is CC(C)CC1CCCC(O)(Cc2ccnc(N)c2)C1. The van der Waals surface area contributed by atoms with Crippen LogP contribution in [0.1, 0.15) is 51.5 Å². The normalized spacial score (nSPS) is 27.7. The van der Waals surface area contributed by atoms with Gasteiger partial charge in [-0.2, -0.15) is 0 Å². The second-order valence-electron chi connectivity index (χ2n) is 6.58. The number of rotatable bonds is 4. The first kappa shape index (κ1) is 14.3. The molecule has 19 heavy (non-hydrogen) atoms. The number of aromatic nitrogens is 1. The number of anilines is 1. The number of hydrogen-bond acceptors (Lipinski definition) is 3. The Balaban J connectivity index is 2.01. The van der Waals surface area contributed by atoms with E-state index in [2.05, 4.69) is 18.8 Å². The molecule has 3 N–H and O–H groups in total. The van der Waals surface area contributed by atoms with Gasteiger partial charge in [-0.1, -0.05) is 26.7 Å². The van der Waals surface area contributed by atoms with Crippen LogP contribution in [0.15, 0.2) is 18.3 Å².